The van der Waals surface area contributed by atoms with Crippen LogP contribution in [0, 0.1) is 0 Å². The van der Waals surface area contributed by atoms with E-state index in [-0.39, 0.29) is 6.03 Å². The molecule has 0 unspecified atom stereocenters. The molecule has 2 rings (SSSR count). The van der Waals surface area contributed by atoms with Gasteiger partial charge < -0.3 is 10.1 Å². The minimum absolute atomic E-state index is 0.289. The molecule has 2 aromatic rings. The van der Waals surface area contributed by atoms with E-state index in [0.717, 1.165) is 25.2 Å². The lowest BCUT2D eigenvalue weighted by Gasteiger charge is -2.08. The molecular weight excluding hydrogens is 466 g/mol. The van der Waals surface area contributed by atoms with Crippen molar-refractivity contribution in [1.29, 1.82) is 0 Å². The topological polar surface area (TPSA) is 88.2 Å². The van der Waals surface area contributed by atoms with Gasteiger partial charge in [-0.25, -0.2) is 10.2 Å². The highest BCUT2D eigenvalue weighted by Crippen LogP contribution is 2.23. The van der Waals surface area contributed by atoms with E-state index >= 15 is 0 Å². The van der Waals surface area contributed by atoms with E-state index in [2.05, 4.69) is 44.6 Å². The third kappa shape index (κ3) is 14.4. The SMILES string of the molecule is CCCCCCCCCCCCOCCCNC(=O)NNc1nc(SCc2ccccc2)ns1. The van der Waals surface area contributed by atoms with Crippen LogP contribution in [0.3, 0.4) is 0 Å². The maximum Gasteiger partial charge on any atom is 0.333 e. The first-order valence-electron chi connectivity index (χ1n) is 12.7. The summed E-state index contributed by atoms with van der Waals surface area (Å²) in [5.41, 5.74) is 6.62. The second-order valence-corrected chi connectivity index (χ2v) is 10.0. The molecule has 2 amide bonds. The highest BCUT2D eigenvalue weighted by Gasteiger charge is 2.06. The fourth-order valence-corrected chi connectivity index (χ4v) is 4.82. The van der Waals surface area contributed by atoms with Crippen LogP contribution in [0.4, 0.5) is 9.93 Å². The number of aromatic nitrogens is 2. The van der Waals surface area contributed by atoms with Crippen molar-refractivity contribution in [2.75, 3.05) is 25.2 Å². The Balaban J connectivity index is 1.37. The fourth-order valence-electron chi connectivity index (χ4n) is 3.37. The zero-order valence-electron chi connectivity index (χ0n) is 20.5. The Bertz CT molecular complexity index is 761. The number of amides is 2. The third-order valence-corrected chi connectivity index (χ3v) is 6.96. The number of nitrogens with one attached hydrogen (secondary N) is 3. The summed E-state index contributed by atoms with van der Waals surface area (Å²) in [7, 11) is 0. The zero-order chi connectivity index (χ0) is 24.1. The van der Waals surface area contributed by atoms with E-state index in [4.69, 9.17) is 4.74 Å². The van der Waals surface area contributed by atoms with Crippen molar-refractivity contribution in [3.63, 3.8) is 0 Å². The third-order valence-electron chi connectivity index (χ3n) is 5.29. The first-order valence-corrected chi connectivity index (χ1v) is 14.4. The smallest absolute Gasteiger partial charge is 0.333 e. The second-order valence-electron chi connectivity index (χ2n) is 8.31. The Morgan fingerprint density at radius 3 is 2.35 bits per heavy atom. The lowest BCUT2D eigenvalue weighted by molar-refractivity contribution is 0.127. The summed E-state index contributed by atoms with van der Waals surface area (Å²) in [6.45, 7) is 4.31. The molecule has 9 heteroatoms. The maximum absolute atomic E-state index is 11.9. The average molecular weight is 508 g/mol. The van der Waals surface area contributed by atoms with Crippen molar-refractivity contribution in [3.8, 4) is 0 Å². The van der Waals surface area contributed by atoms with Gasteiger partial charge in [0.1, 0.15) is 0 Å². The number of thioether (sulfide) groups is 1. The second kappa shape index (κ2) is 19.5. The molecule has 0 saturated carbocycles. The number of anilines is 1. The van der Waals surface area contributed by atoms with Gasteiger partial charge in [0.05, 0.1) is 0 Å². The lowest BCUT2D eigenvalue weighted by Crippen LogP contribution is -2.39. The van der Waals surface area contributed by atoms with Crippen LogP contribution >= 0.6 is 23.3 Å². The standard InChI is InChI=1S/C25H41N5O2S2/c1-2-3-4-5-6-7-8-9-10-14-19-32-20-15-18-26-23(31)28-29-24-27-25(30-34-24)33-21-22-16-12-11-13-17-22/h11-13,16-17H,2-10,14-15,18-21H2,1H3,(H2,26,28,31)(H,27,29,30). The Morgan fingerprint density at radius 2 is 1.62 bits per heavy atom. The summed E-state index contributed by atoms with van der Waals surface area (Å²) < 4.78 is 9.97. The van der Waals surface area contributed by atoms with Crippen LogP contribution in [0.2, 0.25) is 0 Å². The van der Waals surface area contributed by atoms with Crippen LogP contribution in [0.1, 0.15) is 83.1 Å². The van der Waals surface area contributed by atoms with E-state index in [1.165, 1.54) is 74.9 Å². The summed E-state index contributed by atoms with van der Waals surface area (Å²) in [5, 5.41) is 4.06. The van der Waals surface area contributed by atoms with Crippen molar-refractivity contribution in [1.82, 2.24) is 20.1 Å². The van der Waals surface area contributed by atoms with Gasteiger partial charge in [-0.2, -0.15) is 9.36 Å². The molecular formula is C25H41N5O2S2. The van der Waals surface area contributed by atoms with Crippen molar-refractivity contribution in [2.24, 2.45) is 0 Å². The van der Waals surface area contributed by atoms with Gasteiger partial charge in [0, 0.05) is 37.0 Å². The zero-order valence-corrected chi connectivity index (χ0v) is 22.2. The number of carbonyl (C=O) groups is 1. The van der Waals surface area contributed by atoms with Crippen molar-refractivity contribution in [2.45, 2.75) is 88.5 Å². The molecule has 0 aliphatic rings. The molecule has 1 aromatic carbocycles. The van der Waals surface area contributed by atoms with Gasteiger partial charge in [0.25, 0.3) is 0 Å². The lowest BCUT2D eigenvalue weighted by atomic mass is 10.1. The molecule has 3 N–H and O–H groups in total. The number of rotatable bonds is 20. The predicted molar refractivity (Wildman–Crippen MR) is 143 cm³/mol. The van der Waals surface area contributed by atoms with Crippen LogP contribution < -0.4 is 16.2 Å². The average Bonchev–Trinajstić information content (AvgIpc) is 3.32. The highest BCUT2D eigenvalue weighted by atomic mass is 32.2. The Hall–Kier alpha value is -1.84. The predicted octanol–water partition coefficient (Wildman–Crippen LogP) is 6.78. The number of nitrogens with zero attached hydrogens (tertiary/aromatic N) is 2. The fraction of sp³-hybridized carbons (Fsp3) is 0.640. The van der Waals surface area contributed by atoms with Crippen molar-refractivity contribution in [3.05, 3.63) is 35.9 Å². The Morgan fingerprint density at radius 1 is 0.941 bits per heavy atom. The van der Waals surface area contributed by atoms with Gasteiger partial charge in [0.15, 0.2) is 0 Å². The molecule has 0 aliphatic carbocycles. The molecule has 0 atom stereocenters. The Kier molecular flexibility index (Phi) is 16.3. The normalized spacial score (nSPS) is 10.9. The number of benzene rings is 1. The van der Waals surface area contributed by atoms with Gasteiger partial charge >= 0.3 is 6.03 Å². The molecule has 1 aromatic heterocycles. The number of carbonyl (C=O) groups excluding carboxylic acids is 1. The molecule has 0 fully saturated rings. The van der Waals surface area contributed by atoms with Crippen LogP contribution in [0.25, 0.3) is 0 Å². The largest absolute Gasteiger partial charge is 0.381 e. The first-order chi connectivity index (χ1) is 16.8. The summed E-state index contributed by atoms with van der Waals surface area (Å²) in [6.07, 6.45) is 14.1. The van der Waals surface area contributed by atoms with Gasteiger partial charge in [-0.15, -0.1) is 0 Å². The van der Waals surface area contributed by atoms with Gasteiger partial charge in [-0.05, 0) is 18.4 Å². The van der Waals surface area contributed by atoms with Crippen LogP contribution in [0.5, 0.6) is 0 Å². The van der Waals surface area contributed by atoms with E-state index in [9.17, 15) is 4.79 Å². The van der Waals surface area contributed by atoms with Crippen molar-refractivity contribution < 1.29 is 9.53 Å². The maximum atomic E-state index is 11.9. The molecule has 190 valence electrons. The molecule has 0 bridgehead atoms. The molecule has 0 spiro atoms. The Labute approximate surface area is 213 Å². The summed E-state index contributed by atoms with van der Waals surface area (Å²) >= 11 is 2.79. The molecule has 7 nitrogen and oxygen atoms in total. The monoisotopic (exact) mass is 507 g/mol. The molecule has 0 aliphatic heterocycles. The molecule has 0 saturated heterocycles. The number of hydrazine groups is 1. The molecule has 34 heavy (non-hydrogen) atoms. The molecule has 0 radical (unpaired) electrons. The van der Waals surface area contributed by atoms with Gasteiger partial charge in [-0.1, -0.05) is 107 Å². The number of ether oxygens (including phenoxy) is 1. The highest BCUT2D eigenvalue weighted by molar-refractivity contribution is 7.98. The van der Waals surface area contributed by atoms with Crippen molar-refractivity contribution >= 4 is 34.5 Å². The van der Waals surface area contributed by atoms with Crippen LogP contribution in [-0.4, -0.2) is 35.1 Å². The van der Waals surface area contributed by atoms with E-state index in [1.54, 1.807) is 11.8 Å². The van der Waals surface area contributed by atoms with Crippen LogP contribution in [-0.2, 0) is 10.5 Å². The minimum Gasteiger partial charge on any atom is -0.381 e. The number of unbranched alkanes of at least 4 members (excludes halogenated alkanes) is 9. The van der Waals surface area contributed by atoms with E-state index < -0.39 is 0 Å². The van der Waals surface area contributed by atoms with Gasteiger partial charge in [0.2, 0.25) is 10.3 Å². The summed E-state index contributed by atoms with van der Waals surface area (Å²) in [5.74, 6) is 0.812. The quantitative estimate of drug-likeness (QED) is 0.104. The number of hydrogen-bond donors (Lipinski definition) is 3. The number of hydrogen-bond acceptors (Lipinski definition) is 7. The molecule has 1 heterocycles. The minimum atomic E-state index is -0.289. The summed E-state index contributed by atoms with van der Waals surface area (Å²) in [6, 6.07) is 9.90. The summed E-state index contributed by atoms with van der Waals surface area (Å²) in [4.78, 5) is 16.3. The van der Waals surface area contributed by atoms with E-state index in [1.807, 2.05) is 18.2 Å². The number of urea groups is 1. The first kappa shape index (κ1) is 28.4. The van der Waals surface area contributed by atoms with E-state index in [0.29, 0.717) is 23.4 Å². The van der Waals surface area contributed by atoms with Gasteiger partial charge in [-0.3, -0.25) is 5.43 Å². The van der Waals surface area contributed by atoms with Crippen LogP contribution in [0.15, 0.2) is 35.5 Å².